The summed E-state index contributed by atoms with van der Waals surface area (Å²) in [7, 11) is 0. The Labute approximate surface area is 107 Å². The molecule has 2 fully saturated rings. The molecule has 0 spiro atoms. The van der Waals surface area contributed by atoms with Crippen molar-refractivity contribution >= 4 is 11.8 Å². The summed E-state index contributed by atoms with van der Waals surface area (Å²) in [6.07, 6.45) is 8.81. The number of likely N-dealkylation sites (tertiary alicyclic amines) is 1. The molecule has 3 heteroatoms. The van der Waals surface area contributed by atoms with Gasteiger partial charge in [0.05, 0.1) is 11.8 Å². The molecule has 0 aromatic rings. The molecule has 0 N–H and O–H groups in total. The summed E-state index contributed by atoms with van der Waals surface area (Å²) in [4.78, 5) is 26.5. The average Bonchev–Trinajstić information content (AvgIpc) is 2.52. The number of amides is 2. The largest absolute Gasteiger partial charge is 0.280 e. The van der Waals surface area contributed by atoms with Crippen LogP contribution in [0.15, 0.2) is 24.3 Å². The van der Waals surface area contributed by atoms with Gasteiger partial charge in [-0.15, -0.1) is 0 Å². The minimum absolute atomic E-state index is 0.0133. The standard InChI is InChI=1S/C15H17NO2/c1-7(2)16-14(17)12-10-5-6-11(13(12)15(16)18)9-4-3-8(9)10/h3-13H,1-2H3. The SMILES string of the molecule is CC(C)N1C(=O)C2C3C=CC(C4C=CC43)C2C1=O. The van der Waals surface area contributed by atoms with E-state index in [0.717, 1.165) is 0 Å². The van der Waals surface area contributed by atoms with E-state index in [0.29, 0.717) is 11.8 Å². The third-order valence-corrected chi connectivity index (χ3v) is 5.22. The molecule has 1 saturated carbocycles. The molecule has 0 radical (unpaired) electrons. The molecule has 1 aliphatic heterocycles. The maximum Gasteiger partial charge on any atom is 0.233 e. The highest BCUT2D eigenvalue weighted by atomic mass is 16.2. The van der Waals surface area contributed by atoms with Crippen LogP contribution in [0, 0.1) is 35.5 Å². The van der Waals surface area contributed by atoms with Crippen molar-refractivity contribution in [2.75, 3.05) is 0 Å². The van der Waals surface area contributed by atoms with Crippen molar-refractivity contribution < 1.29 is 9.59 Å². The summed E-state index contributed by atoms with van der Waals surface area (Å²) < 4.78 is 0. The fraction of sp³-hybridized carbons (Fsp3) is 0.600. The maximum atomic E-state index is 12.5. The van der Waals surface area contributed by atoms with Crippen molar-refractivity contribution in [1.82, 2.24) is 4.90 Å². The van der Waals surface area contributed by atoms with Gasteiger partial charge in [0.1, 0.15) is 0 Å². The van der Waals surface area contributed by atoms with Crippen LogP contribution in [0.5, 0.6) is 0 Å². The Morgan fingerprint density at radius 3 is 1.56 bits per heavy atom. The van der Waals surface area contributed by atoms with Gasteiger partial charge in [-0.05, 0) is 37.5 Å². The van der Waals surface area contributed by atoms with Crippen LogP contribution in [0.2, 0.25) is 0 Å². The molecule has 5 rings (SSSR count). The van der Waals surface area contributed by atoms with E-state index < -0.39 is 0 Å². The predicted molar refractivity (Wildman–Crippen MR) is 66.2 cm³/mol. The number of allylic oxidation sites excluding steroid dienone is 4. The van der Waals surface area contributed by atoms with Crippen LogP contribution < -0.4 is 0 Å². The van der Waals surface area contributed by atoms with Gasteiger partial charge in [0.15, 0.2) is 0 Å². The number of nitrogens with zero attached hydrogens (tertiary/aromatic N) is 1. The van der Waals surface area contributed by atoms with Crippen molar-refractivity contribution in [2.45, 2.75) is 19.9 Å². The van der Waals surface area contributed by atoms with Crippen LogP contribution in [0.3, 0.4) is 0 Å². The second kappa shape index (κ2) is 3.14. The highest BCUT2D eigenvalue weighted by molar-refractivity contribution is 6.06. The van der Waals surface area contributed by atoms with Crippen LogP contribution in [0.4, 0.5) is 0 Å². The first-order chi connectivity index (χ1) is 8.61. The Hall–Kier alpha value is -1.38. The molecule has 2 bridgehead atoms. The first kappa shape index (κ1) is 10.5. The van der Waals surface area contributed by atoms with Gasteiger partial charge in [0.2, 0.25) is 11.8 Å². The van der Waals surface area contributed by atoms with Crippen molar-refractivity contribution in [3.8, 4) is 0 Å². The van der Waals surface area contributed by atoms with Gasteiger partial charge < -0.3 is 0 Å². The zero-order chi connectivity index (χ0) is 12.6. The Morgan fingerprint density at radius 1 is 0.833 bits per heavy atom. The molecule has 3 nitrogen and oxygen atoms in total. The molecule has 0 aromatic heterocycles. The maximum absolute atomic E-state index is 12.5. The van der Waals surface area contributed by atoms with Gasteiger partial charge in [-0.3, -0.25) is 14.5 Å². The number of rotatable bonds is 1. The van der Waals surface area contributed by atoms with Crippen LogP contribution in [0.25, 0.3) is 0 Å². The average molecular weight is 243 g/mol. The van der Waals surface area contributed by atoms with Crippen molar-refractivity contribution in [2.24, 2.45) is 35.5 Å². The van der Waals surface area contributed by atoms with Crippen LogP contribution in [-0.4, -0.2) is 22.8 Å². The summed E-state index contributed by atoms with van der Waals surface area (Å²) in [5.41, 5.74) is 0. The summed E-state index contributed by atoms with van der Waals surface area (Å²) in [5.74, 6) is 1.50. The van der Waals surface area contributed by atoms with Gasteiger partial charge in [-0.25, -0.2) is 0 Å². The quantitative estimate of drug-likeness (QED) is 0.518. The Balaban J connectivity index is 1.80. The van der Waals surface area contributed by atoms with E-state index >= 15 is 0 Å². The molecule has 0 aromatic carbocycles. The molecule has 6 unspecified atom stereocenters. The number of hydrogen-bond acceptors (Lipinski definition) is 2. The van der Waals surface area contributed by atoms with Gasteiger partial charge in [0, 0.05) is 6.04 Å². The third kappa shape index (κ3) is 0.979. The van der Waals surface area contributed by atoms with Crippen LogP contribution in [0.1, 0.15) is 13.8 Å². The number of hydrogen-bond donors (Lipinski definition) is 0. The Morgan fingerprint density at radius 2 is 1.22 bits per heavy atom. The zero-order valence-electron chi connectivity index (χ0n) is 10.6. The molecule has 2 amide bonds. The predicted octanol–water partition coefficient (Wildman–Crippen LogP) is 1.61. The first-order valence-electron chi connectivity index (χ1n) is 6.85. The molecule has 1 heterocycles. The number of imide groups is 1. The van der Waals surface area contributed by atoms with E-state index in [1.54, 1.807) is 0 Å². The minimum atomic E-state index is -0.0823. The van der Waals surface area contributed by atoms with E-state index in [4.69, 9.17) is 0 Å². The Kier molecular flexibility index (Phi) is 1.84. The van der Waals surface area contributed by atoms with Crippen LogP contribution >= 0.6 is 0 Å². The molecular formula is C15H17NO2. The van der Waals surface area contributed by atoms with Gasteiger partial charge in [0.25, 0.3) is 0 Å². The second-order valence-electron chi connectivity index (χ2n) is 6.27. The fourth-order valence-electron chi connectivity index (χ4n) is 4.42. The highest BCUT2D eigenvalue weighted by Gasteiger charge is 2.62. The van der Waals surface area contributed by atoms with E-state index in [1.807, 2.05) is 13.8 Å². The first-order valence-corrected chi connectivity index (χ1v) is 6.85. The lowest BCUT2D eigenvalue weighted by Gasteiger charge is -2.51. The molecule has 1 saturated heterocycles. The lowest BCUT2D eigenvalue weighted by Crippen LogP contribution is -2.50. The molecule has 4 aliphatic carbocycles. The smallest absolute Gasteiger partial charge is 0.233 e. The third-order valence-electron chi connectivity index (χ3n) is 5.22. The molecule has 6 atom stereocenters. The summed E-state index contributed by atoms with van der Waals surface area (Å²) in [5, 5.41) is 0. The Bertz CT molecular complexity index is 465. The number of carbonyl (C=O) groups is 2. The normalized spacial score (nSPS) is 47.6. The topological polar surface area (TPSA) is 37.4 Å². The van der Waals surface area contributed by atoms with Gasteiger partial charge in [-0.2, -0.15) is 0 Å². The lowest BCUT2D eigenvalue weighted by atomic mass is 9.50. The van der Waals surface area contributed by atoms with Crippen molar-refractivity contribution in [3.63, 3.8) is 0 Å². The fourth-order valence-corrected chi connectivity index (χ4v) is 4.42. The highest BCUT2D eigenvalue weighted by Crippen LogP contribution is 2.58. The molecule has 5 aliphatic rings. The summed E-state index contributed by atoms with van der Waals surface area (Å²) in [6.45, 7) is 3.85. The molecule has 18 heavy (non-hydrogen) atoms. The minimum Gasteiger partial charge on any atom is -0.280 e. The molecule has 94 valence electrons. The van der Waals surface area contributed by atoms with Crippen LogP contribution in [-0.2, 0) is 9.59 Å². The lowest BCUT2D eigenvalue weighted by molar-refractivity contribution is -0.142. The van der Waals surface area contributed by atoms with E-state index in [9.17, 15) is 9.59 Å². The van der Waals surface area contributed by atoms with Crippen molar-refractivity contribution in [3.05, 3.63) is 24.3 Å². The van der Waals surface area contributed by atoms with E-state index in [2.05, 4.69) is 24.3 Å². The van der Waals surface area contributed by atoms with Crippen molar-refractivity contribution in [1.29, 1.82) is 0 Å². The van der Waals surface area contributed by atoms with Gasteiger partial charge in [-0.1, -0.05) is 24.3 Å². The monoisotopic (exact) mass is 243 g/mol. The second-order valence-corrected chi connectivity index (χ2v) is 6.27. The summed E-state index contributed by atoms with van der Waals surface area (Å²) in [6, 6.07) is -0.0133. The zero-order valence-corrected chi connectivity index (χ0v) is 10.6. The van der Waals surface area contributed by atoms with E-state index in [1.165, 1.54) is 4.90 Å². The van der Waals surface area contributed by atoms with E-state index in [-0.39, 0.29) is 41.5 Å². The number of carbonyl (C=O) groups excluding carboxylic acids is 2. The van der Waals surface area contributed by atoms with Gasteiger partial charge >= 0.3 is 0 Å². The molecular weight excluding hydrogens is 226 g/mol. The summed E-state index contributed by atoms with van der Waals surface area (Å²) >= 11 is 0.